The Balaban J connectivity index is 2.19. The molecule has 0 fully saturated rings. The second-order valence-electron chi connectivity index (χ2n) is 4.29. The van der Waals surface area contributed by atoms with Crippen molar-refractivity contribution in [2.24, 2.45) is 0 Å². The van der Waals surface area contributed by atoms with E-state index in [9.17, 15) is 19.7 Å². The van der Waals surface area contributed by atoms with Crippen molar-refractivity contribution in [2.45, 2.75) is 19.9 Å². The predicted octanol–water partition coefficient (Wildman–Crippen LogP) is 1.00. The van der Waals surface area contributed by atoms with Gasteiger partial charge in [-0.2, -0.15) is 0 Å². The van der Waals surface area contributed by atoms with Crippen LogP contribution in [0.3, 0.4) is 0 Å². The van der Waals surface area contributed by atoms with Crippen LogP contribution < -0.4 is 0 Å². The highest BCUT2D eigenvalue weighted by Crippen LogP contribution is 2.24. The minimum Gasteiger partial charge on any atom is -0.297 e. The molecule has 0 N–H and O–H groups in total. The molecule has 0 bridgehead atoms. The fraction of sp³-hybridized carbons (Fsp3) is 0.333. The van der Waals surface area contributed by atoms with Gasteiger partial charge >= 0.3 is 0 Å². The molecular formula is C12H12N2O5. The van der Waals surface area contributed by atoms with E-state index in [1.807, 2.05) is 0 Å². The first-order valence-corrected chi connectivity index (χ1v) is 5.66. The fourth-order valence-corrected chi connectivity index (χ4v) is 1.83. The second kappa shape index (κ2) is 5.15. The number of rotatable bonds is 4. The van der Waals surface area contributed by atoms with Gasteiger partial charge in [0, 0.05) is 12.1 Å². The quantitative estimate of drug-likeness (QED) is 0.597. The molecule has 0 aromatic heterocycles. The molecule has 7 nitrogen and oxygen atoms in total. The van der Waals surface area contributed by atoms with E-state index in [2.05, 4.69) is 0 Å². The number of Topliss-reactive ketones (excluding diaryl/α,β-unsaturated/α-hetero) is 1. The molecule has 2 rings (SSSR count). The number of benzene rings is 1. The Morgan fingerprint density at radius 3 is 2.84 bits per heavy atom. The number of hydrogen-bond acceptors (Lipinski definition) is 5. The zero-order chi connectivity index (χ0) is 14.0. The number of carbonyl (C=O) groups is 2. The minimum atomic E-state index is -0.489. The molecule has 1 heterocycles. The third-order valence-electron chi connectivity index (χ3n) is 2.76. The Kier molecular flexibility index (Phi) is 3.57. The Morgan fingerprint density at radius 2 is 2.21 bits per heavy atom. The molecule has 1 amide bonds. The summed E-state index contributed by atoms with van der Waals surface area (Å²) in [6.07, 6.45) is 0.116. The van der Waals surface area contributed by atoms with Crippen molar-refractivity contribution < 1.29 is 19.3 Å². The third-order valence-corrected chi connectivity index (χ3v) is 2.76. The van der Waals surface area contributed by atoms with Crippen molar-refractivity contribution in [2.75, 3.05) is 6.61 Å². The molecule has 1 aliphatic rings. The summed E-state index contributed by atoms with van der Waals surface area (Å²) in [6.45, 7) is 1.28. The van der Waals surface area contributed by atoms with Crippen LogP contribution in [-0.4, -0.2) is 28.3 Å². The highest BCUT2D eigenvalue weighted by molar-refractivity contribution is 5.81. The molecule has 1 aliphatic heterocycles. The van der Waals surface area contributed by atoms with Crippen LogP contribution in [0.15, 0.2) is 18.2 Å². The number of hydrogen-bond donors (Lipinski definition) is 0. The Hall–Kier alpha value is -2.28. The van der Waals surface area contributed by atoms with E-state index < -0.39 is 4.92 Å². The van der Waals surface area contributed by atoms with Gasteiger partial charge in [0.25, 0.3) is 11.6 Å². The van der Waals surface area contributed by atoms with Crippen LogP contribution in [-0.2, 0) is 27.4 Å². The van der Waals surface area contributed by atoms with E-state index in [4.69, 9.17) is 4.84 Å². The lowest BCUT2D eigenvalue weighted by molar-refractivity contribution is -0.385. The summed E-state index contributed by atoms with van der Waals surface area (Å²) in [4.78, 5) is 37.9. The molecule has 7 heteroatoms. The number of amides is 1. The van der Waals surface area contributed by atoms with Gasteiger partial charge < -0.3 is 0 Å². The van der Waals surface area contributed by atoms with Crippen molar-refractivity contribution in [1.29, 1.82) is 0 Å². The van der Waals surface area contributed by atoms with E-state index >= 15 is 0 Å². The van der Waals surface area contributed by atoms with E-state index in [-0.39, 0.29) is 37.0 Å². The van der Waals surface area contributed by atoms with Gasteiger partial charge in [-0.1, -0.05) is 6.07 Å². The van der Waals surface area contributed by atoms with Gasteiger partial charge in [-0.25, -0.2) is 5.06 Å². The second-order valence-corrected chi connectivity index (χ2v) is 4.29. The first-order chi connectivity index (χ1) is 8.97. The SMILES string of the molecule is CC(=O)CON1Cc2cc([N+](=O)[O-])ccc2CC1=O. The molecule has 0 radical (unpaired) electrons. The first kappa shape index (κ1) is 13.2. The van der Waals surface area contributed by atoms with Gasteiger partial charge in [0.1, 0.15) is 6.61 Å². The van der Waals surface area contributed by atoms with E-state index in [0.29, 0.717) is 5.56 Å². The molecule has 0 saturated carbocycles. The highest BCUT2D eigenvalue weighted by atomic mass is 16.7. The van der Waals surface area contributed by atoms with Crippen molar-refractivity contribution in [3.63, 3.8) is 0 Å². The van der Waals surface area contributed by atoms with Crippen molar-refractivity contribution in [1.82, 2.24) is 5.06 Å². The number of hydroxylamine groups is 2. The zero-order valence-electron chi connectivity index (χ0n) is 10.3. The largest absolute Gasteiger partial charge is 0.297 e. The number of nitro benzene ring substituents is 1. The molecule has 0 unspecified atom stereocenters. The molecule has 100 valence electrons. The number of ketones is 1. The summed E-state index contributed by atoms with van der Waals surface area (Å²) in [5, 5.41) is 11.8. The summed E-state index contributed by atoms with van der Waals surface area (Å²) < 4.78 is 0. The monoisotopic (exact) mass is 264 g/mol. The maximum Gasteiger partial charge on any atom is 0.269 e. The molecule has 1 aromatic rings. The minimum absolute atomic E-state index is 0.0281. The summed E-state index contributed by atoms with van der Waals surface area (Å²) in [7, 11) is 0. The van der Waals surface area contributed by atoms with Crippen molar-refractivity contribution in [3.05, 3.63) is 39.4 Å². The number of fused-ring (bicyclic) bond motifs is 1. The van der Waals surface area contributed by atoms with Gasteiger partial charge in [-0.3, -0.25) is 24.5 Å². The lowest BCUT2D eigenvalue weighted by Gasteiger charge is -2.27. The van der Waals surface area contributed by atoms with Gasteiger partial charge in [-0.15, -0.1) is 0 Å². The number of non-ortho nitro benzene ring substituents is 1. The molecule has 0 saturated heterocycles. The lowest BCUT2D eigenvalue weighted by atomic mass is 10.00. The molecular weight excluding hydrogens is 252 g/mol. The van der Waals surface area contributed by atoms with Crippen LogP contribution in [0.5, 0.6) is 0 Å². The molecule has 0 atom stereocenters. The average Bonchev–Trinajstić information content (AvgIpc) is 2.35. The maximum atomic E-state index is 11.7. The molecule has 1 aromatic carbocycles. The van der Waals surface area contributed by atoms with Gasteiger partial charge in [0.2, 0.25) is 0 Å². The normalized spacial score (nSPS) is 14.2. The molecule has 19 heavy (non-hydrogen) atoms. The first-order valence-electron chi connectivity index (χ1n) is 5.66. The van der Waals surface area contributed by atoms with Gasteiger partial charge in [-0.05, 0) is 18.1 Å². The van der Waals surface area contributed by atoms with Crippen LogP contribution in [0, 0.1) is 10.1 Å². The smallest absolute Gasteiger partial charge is 0.269 e. The van der Waals surface area contributed by atoms with Crippen LogP contribution >= 0.6 is 0 Å². The summed E-state index contributed by atoms with van der Waals surface area (Å²) >= 11 is 0. The number of carbonyl (C=O) groups excluding carboxylic acids is 2. The predicted molar refractivity (Wildman–Crippen MR) is 64.0 cm³/mol. The Bertz CT molecular complexity index is 555. The standard InChI is InChI=1S/C12H12N2O5/c1-8(15)7-19-13-6-10-4-11(14(17)18)3-2-9(10)5-12(13)16/h2-4H,5-7H2,1H3. The lowest BCUT2D eigenvalue weighted by Crippen LogP contribution is -2.37. The van der Waals surface area contributed by atoms with Crippen LogP contribution in [0.4, 0.5) is 5.69 Å². The summed E-state index contributed by atoms with van der Waals surface area (Å²) in [5.41, 5.74) is 1.38. The van der Waals surface area contributed by atoms with E-state index in [0.717, 1.165) is 10.6 Å². The molecule has 0 aliphatic carbocycles. The van der Waals surface area contributed by atoms with Crippen LogP contribution in [0.1, 0.15) is 18.1 Å². The van der Waals surface area contributed by atoms with Crippen LogP contribution in [0.25, 0.3) is 0 Å². The van der Waals surface area contributed by atoms with Crippen molar-refractivity contribution >= 4 is 17.4 Å². The van der Waals surface area contributed by atoms with Crippen molar-refractivity contribution in [3.8, 4) is 0 Å². The third kappa shape index (κ3) is 2.94. The van der Waals surface area contributed by atoms with Gasteiger partial charge in [0.15, 0.2) is 5.78 Å². The Morgan fingerprint density at radius 1 is 1.47 bits per heavy atom. The maximum absolute atomic E-state index is 11.7. The fourth-order valence-electron chi connectivity index (χ4n) is 1.83. The van der Waals surface area contributed by atoms with E-state index in [1.54, 1.807) is 6.07 Å². The van der Waals surface area contributed by atoms with Crippen LogP contribution in [0.2, 0.25) is 0 Å². The Labute approximate surface area is 108 Å². The average molecular weight is 264 g/mol. The summed E-state index contributed by atoms with van der Waals surface area (Å²) in [6, 6.07) is 4.37. The zero-order valence-corrected chi connectivity index (χ0v) is 10.3. The molecule has 0 spiro atoms. The number of nitrogens with zero attached hydrogens (tertiary/aromatic N) is 2. The topological polar surface area (TPSA) is 89.8 Å². The van der Waals surface area contributed by atoms with Gasteiger partial charge in [0.05, 0.1) is 17.9 Å². The summed E-state index contributed by atoms with van der Waals surface area (Å²) in [5.74, 6) is -0.458. The van der Waals surface area contributed by atoms with E-state index in [1.165, 1.54) is 19.1 Å². The number of nitro groups is 1. The highest BCUT2D eigenvalue weighted by Gasteiger charge is 2.25.